The lowest BCUT2D eigenvalue weighted by atomic mass is 10.2. The van der Waals surface area contributed by atoms with Gasteiger partial charge in [0.05, 0.1) is 20.3 Å². The maximum absolute atomic E-state index is 11.8. The molecule has 1 amide bonds. The third kappa shape index (κ3) is 6.04. The van der Waals surface area contributed by atoms with Crippen molar-refractivity contribution in [3.05, 3.63) is 23.8 Å². The Morgan fingerprint density at radius 1 is 1.14 bits per heavy atom. The Labute approximate surface area is 126 Å². The minimum atomic E-state index is -0.301. The maximum atomic E-state index is 11.8. The zero-order chi connectivity index (χ0) is 15.5. The second-order valence-corrected chi connectivity index (χ2v) is 4.64. The molecule has 0 spiro atoms. The second kappa shape index (κ2) is 10.0. The number of carbonyl (C=O) groups excluding carboxylic acids is 1. The minimum absolute atomic E-state index is 0.301. The molecule has 0 fully saturated rings. The van der Waals surface area contributed by atoms with E-state index in [1.807, 2.05) is 0 Å². The largest absolute Gasteiger partial charge is 0.493 e. The summed E-state index contributed by atoms with van der Waals surface area (Å²) in [5, 5.41) is 0. The van der Waals surface area contributed by atoms with E-state index in [1.54, 1.807) is 32.2 Å². The van der Waals surface area contributed by atoms with Crippen LogP contribution in [0.5, 0.6) is 11.5 Å². The Bertz CT molecular complexity index is 434. The fourth-order valence-electron chi connectivity index (χ4n) is 1.84. The normalized spacial score (nSPS) is 10.2. The minimum Gasteiger partial charge on any atom is -0.493 e. The van der Waals surface area contributed by atoms with E-state index < -0.39 is 0 Å². The average Bonchev–Trinajstić information content (AvgIpc) is 2.52. The Balaban J connectivity index is 2.59. The van der Waals surface area contributed by atoms with Gasteiger partial charge < -0.3 is 9.47 Å². The first-order valence-corrected chi connectivity index (χ1v) is 7.45. The van der Waals surface area contributed by atoms with Gasteiger partial charge in [-0.05, 0) is 31.5 Å². The number of benzene rings is 1. The summed E-state index contributed by atoms with van der Waals surface area (Å²) in [7, 11) is 1.56. The van der Waals surface area contributed by atoms with Crippen molar-refractivity contribution in [2.45, 2.75) is 39.5 Å². The molecule has 118 valence electrons. The van der Waals surface area contributed by atoms with Crippen molar-refractivity contribution in [3.8, 4) is 11.5 Å². The predicted molar refractivity (Wildman–Crippen MR) is 81.7 cm³/mol. The van der Waals surface area contributed by atoms with Gasteiger partial charge in [-0.3, -0.25) is 9.63 Å². The first-order valence-electron chi connectivity index (χ1n) is 7.45. The number of methoxy groups -OCH3 is 1. The molecule has 0 bridgehead atoms. The van der Waals surface area contributed by atoms with Gasteiger partial charge in [0.1, 0.15) is 0 Å². The quantitative estimate of drug-likeness (QED) is 0.531. The van der Waals surface area contributed by atoms with Gasteiger partial charge >= 0.3 is 0 Å². The summed E-state index contributed by atoms with van der Waals surface area (Å²) < 4.78 is 11.0. The number of unbranched alkanes of at least 4 members (excludes halogenated alkanes) is 3. The van der Waals surface area contributed by atoms with Crippen LogP contribution in [0.15, 0.2) is 18.2 Å². The van der Waals surface area contributed by atoms with Crippen LogP contribution in [0.25, 0.3) is 0 Å². The highest BCUT2D eigenvalue weighted by molar-refractivity contribution is 5.94. The van der Waals surface area contributed by atoms with Crippen molar-refractivity contribution in [2.24, 2.45) is 0 Å². The topological polar surface area (TPSA) is 56.8 Å². The number of amides is 1. The van der Waals surface area contributed by atoms with Crippen molar-refractivity contribution in [1.29, 1.82) is 0 Å². The highest BCUT2D eigenvalue weighted by Crippen LogP contribution is 2.28. The van der Waals surface area contributed by atoms with Crippen molar-refractivity contribution in [3.63, 3.8) is 0 Å². The zero-order valence-electron chi connectivity index (χ0n) is 13.1. The molecule has 0 aliphatic carbocycles. The third-order valence-corrected chi connectivity index (χ3v) is 2.99. The first kappa shape index (κ1) is 17.3. The number of hydroxylamine groups is 1. The van der Waals surface area contributed by atoms with Crippen LogP contribution < -0.4 is 15.0 Å². The Morgan fingerprint density at radius 3 is 2.62 bits per heavy atom. The summed E-state index contributed by atoms with van der Waals surface area (Å²) in [5.74, 6) is 0.904. The van der Waals surface area contributed by atoms with E-state index >= 15 is 0 Å². The summed E-state index contributed by atoms with van der Waals surface area (Å²) >= 11 is 0. The number of carbonyl (C=O) groups is 1. The first-order chi connectivity index (χ1) is 10.2. The third-order valence-electron chi connectivity index (χ3n) is 2.99. The van der Waals surface area contributed by atoms with Gasteiger partial charge in [-0.1, -0.05) is 26.2 Å². The SMILES string of the molecule is CCCCCCOc1ccc(C(=O)NOCC)cc1OC. The van der Waals surface area contributed by atoms with Crippen LogP contribution in [0.2, 0.25) is 0 Å². The van der Waals surface area contributed by atoms with Crippen molar-refractivity contribution in [1.82, 2.24) is 5.48 Å². The number of nitrogens with one attached hydrogen (secondary N) is 1. The van der Waals surface area contributed by atoms with Crippen molar-refractivity contribution in [2.75, 3.05) is 20.3 Å². The van der Waals surface area contributed by atoms with E-state index in [0.717, 1.165) is 12.8 Å². The summed E-state index contributed by atoms with van der Waals surface area (Å²) in [6.07, 6.45) is 4.60. The molecule has 0 aliphatic rings. The van der Waals surface area contributed by atoms with Gasteiger partial charge in [-0.15, -0.1) is 0 Å². The van der Waals surface area contributed by atoms with Crippen LogP contribution in [-0.4, -0.2) is 26.2 Å². The van der Waals surface area contributed by atoms with Crippen molar-refractivity contribution >= 4 is 5.91 Å². The van der Waals surface area contributed by atoms with Crippen LogP contribution in [0.4, 0.5) is 0 Å². The molecule has 1 N–H and O–H groups in total. The molecule has 1 aromatic carbocycles. The standard InChI is InChI=1S/C16H25NO4/c1-4-6-7-8-11-20-14-10-9-13(12-15(14)19-3)16(18)17-21-5-2/h9-10,12H,4-8,11H2,1-3H3,(H,17,18). The Hall–Kier alpha value is -1.75. The number of hydrogen-bond acceptors (Lipinski definition) is 4. The van der Waals surface area contributed by atoms with E-state index in [1.165, 1.54) is 12.8 Å². The van der Waals surface area contributed by atoms with Gasteiger partial charge in [-0.2, -0.15) is 0 Å². The van der Waals surface area contributed by atoms with E-state index in [-0.39, 0.29) is 5.91 Å². The molecule has 0 atom stereocenters. The summed E-state index contributed by atoms with van der Waals surface area (Å²) in [6.45, 7) is 5.05. The summed E-state index contributed by atoms with van der Waals surface area (Å²) in [4.78, 5) is 16.7. The fourth-order valence-corrected chi connectivity index (χ4v) is 1.84. The van der Waals surface area contributed by atoms with Crippen LogP contribution in [0, 0.1) is 0 Å². The molecule has 1 aromatic rings. The average molecular weight is 295 g/mol. The lowest BCUT2D eigenvalue weighted by molar-refractivity contribution is 0.0364. The van der Waals surface area contributed by atoms with Gasteiger partial charge in [0.25, 0.3) is 5.91 Å². The molecule has 0 radical (unpaired) electrons. The predicted octanol–water partition coefficient (Wildman–Crippen LogP) is 3.34. The molecule has 0 saturated carbocycles. The van der Waals surface area contributed by atoms with Crippen LogP contribution in [-0.2, 0) is 4.84 Å². The molecule has 0 aromatic heterocycles. The molecule has 0 saturated heterocycles. The lowest BCUT2D eigenvalue weighted by Gasteiger charge is -2.12. The summed E-state index contributed by atoms with van der Waals surface area (Å²) in [6, 6.07) is 5.09. The number of hydrogen-bond donors (Lipinski definition) is 1. The number of rotatable bonds is 10. The summed E-state index contributed by atoms with van der Waals surface area (Å²) in [5.41, 5.74) is 2.82. The second-order valence-electron chi connectivity index (χ2n) is 4.64. The van der Waals surface area contributed by atoms with E-state index in [0.29, 0.717) is 30.3 Å². The number of ether oxygens (including phenoxy) is 2. The molecule has 5 heteroatoms. The highest BCUT2D eigenvalue weighted by atomic mass is 16.6. The smallest absolute Gasteiger partial charge is 0.274 e. The monoisotopic (exact) mass is 295 g/mol. The fraction of sp³-hybridized carbons (Fsp3) is 0.562. The molecular formula is C16H25NO4. The van der Waals surface area contributed by atoms with Crippen LogP contribution in [0.1, 0.15) is 49.9 Å². The molecule has 0 unspecified atom stereocenters. The lowest BCUT2D eigenvalue weighted by Crippen LogP contribution is -2.23. The van der Waals surface area contributed by atoms with Gasteiger partial charge in [0, 0.05) is 5.56 Å². The maximum Gasteiger partial charge on any atom is 0.274 e. The van der Waals surface area contributed by atoms with Gasteiger partial charge in [0.2, 0.25) is 0 Å². The van der Waals surface area contributed by atoms with Gasteiger partial charge in [-0.25, -0.2) is 5.48 Å². The molecule has 21 heavy (non-hydrogen) atoms. The Kier molecular flexibility index (Phi) is 8.28. The molecule has 1 rings (SSSR count). The highest BCUT2D eigenvalue weighted by Gasteiger charge is 2.11. The van der Waals surface area contributed by atoms with Crippen LogP contribution in [0.3, 0.4) is 0 Å². The Morgan fingerprint density at radius 2 is 1.95 bits per heavy atom. The van der Waals surface area contributed by atoms with Crippen molar-refractivity contribution < 1.29 is 19.1 Å². The van der Waals surface area contributed by atoms with Gasteiger partial charge in [0.15, 0.2) is 11.5 Å². The van der Waals surface area contributed by atoms with E-state index in [9.17, 15) is 4.79 Å². The molecular weight excluding hydrogens is 270 g/mol. The zero-order valence-corrected chi connectivity index (χ0v) is 13.1. The van der Waals surface area contributed by atoms with E-state index in [2.05, 4.69) is 12.4 Å². The van der Waals surface area contributed by atoms with Crippen LogP contribution >= 0.6 is 0 Å². The molecule has 0 heterocycles. The molecule has 5 nitrogen and oxygen atoms in total. The van der Waals surface area contributed by atoms with E-state index in [4.69, 9.17) is 14.3 Å². The molecule has 0 aliphatic heterocycles.